The van der Waals surface area contributed by atoms with Gasteiger partial charge in [-0.05, 0) is 30.4 Å². The van der Waals surface area contributed by atoms with E-state index in [1.807, 2.05) is 0 Å². The smallest absolute Gasteiger partial charge is 0.333 e. The third kappa shape index (κ3) is 6.43. The summed E-state index contributed by atoms with van der Waals surface area (Å²) in [6.07, 6.45) is 1.99. The van der Waals surface area contributed by atoms with Crippen molar-refractivity contribution in [2.45, 2.75) is 33.1 Å². The normalized spacial score (nSPS) is 15.5. The highest BCUT2D eigenvalue weighted by molar-refractivity contribution is 8.04. The first-order chi connectivity index (χ1) is 12.9. The number of carbonyl (C=O) groups excluding carboxylic acids is 3. The Hall–Kier alpha value is -2.28. The molecule has 1 N–H and O–H groups in total. The first-order valence-corrected chi connectivity index (χ1v) is 10.1. The Morgan fingerprint density at radius 2 is 2.00 bits per heavy atom. The molecule has 1 aliphatic heterocycles. The molecule has 0 saturated carbocycles. The molecule has 0 aromatic heterocycles. The number of nitrogens with zero attached hydrogens (tertiary/aromatic N) is 1. The average Bonchev–Trinajstić information content (AvgIpc) is 2.95. The Balaban J connectivity index is 1.83. The number of thioether (sulfide) groups is 1. The van der Waals surface area contributed by atoms with E-state index in [1.54, 1.807) is 6.92 Å². The van der Waals surface area contributed by atoms with Gasteiger partial charge in [-0.25, -0.2) is 4.79 Å². The lowest BCUT2D eigenvalue weighted by Gasteiger charge is -2.16. The van der Waals surface area contributed by atoms with Crippen LogP contribution < -0.4 is 5.32 Å². The summed E-state index contributed by atoms with van der Waals surface area (Å²) in [7, 11) is 0. The monoisotopic (exact) mass is 390 g/mol. The predicted molar refractivity (Wildman–Crippen MR) is 106 cm³/mol. The fourth-order valence-electron chi connectivity index (χ4n) is 2.60. The maximum Gasteiger partial charge on any atom is 0.333 e. The van der Waals surface area contributed by atoms with Gasteiger partial charge in [-0.3, -0.25) is 14.5 Å². The number of amides is 2. The fraction of sp³-hybridized carbons (Fsp3) is 0.450. The van der Waals surface area contributed by atoms with Crippen LogP contribution in [0.5, 0.6) is 0 Å². The van der Waals surface area contributed by atoms with Crippen LogP contribution in [0.15, 0.2) is 35.4 Å². The Morgan fingerprint density at radius 3 is 2.63 bits per heavy atom. The Labute approximate surface area is 164 Å². The van der Waals surface area contributed by atoms with Crippen molar-refractivity contribution < 1.29 is 19.1 Å². The zero-order chi connectivity index (χ0) is 19.8. The van der Waals surface area contributed by atoms with Gasteiger partial charge in [0, 0.05) is 6.54 Å². The number of benzene rings is 1. The molecule has 0 aliphatic carbocycles. The highest BCUT2D eigenvalue weighted by Crippen LogP contribution is 2.28. The maximum atomic E-state index is 12.2. The van der Waals surface area contributed by atoms with Gasteiger partial charge in [-0.15, -0.1) is 0 Å². The quantitative estimate of drug-likeness (QED) is 0.545. The van der Waals surface area contributed by atoms with Gasteiger partial charge >= 0.3 is 5.97 Å². The summed E-state index contributed by atoms with van der Waals surface area (Å²) in [6, 6.07) is 8.35. The zero-order valence-electron chi connectivity index (χ0n) is 16.0. The highest BCUT2D eigenvalue weighted by atomic mass is 32.2. The van der Waals surface area contributed by atoms with Crippen molar-refractivity contribution in [2.75, 3.05) is 25.4 Å². The minimum absolute atomic E-state index is 0.0939. The second-order valence-corrected chi connectivity index (χ2v) is 7.50. The van der Waals surface area contributed by atoms with Crippen molar-refractivity contribution >= 4 is 29.5 Å². The molecule has 2 amide bonds. The fourth-order valence-corrected chi connectivity index (χ4v) is 3.53. The van der Waals surface area contributed by atoms with Crippen molar-refractivity contribution in [2.24, 2.45) is 0 Å². The molecule has 0 radical (unpaired) electrons. The molecule has 1 fully saturated rings. The number of ether oxygens (including phenoxy) is 1. The van der Waals surface area contributed by atoms with Gasteiger partial charge in [0.2, 0.25) is 11.8 Å². The summed E-state index contributed by atoms with van der Waals surface area (Å²) in [5.74, 6) is -0.230. The van der Waals surface area contributed by atoms with Crippen LogP contribution in [0.2, 0.25) is 0 Å². The number of esters is 1. The van der Waals surface area contributed by atoms with Crippen molar-refractivity contribution in [3.05, 3.63) is 46.5 Å². The molecule has 1 saturated heterocycles. The lowest BCUT2D eigenvalue weighted by atomic mass is 10.0. The first-order valence-electron chi connectivity index (χ1n) is 9.07. The number of hydrogen-bond acceptors (Lipinski definition) is 5. The van der Waals surface area contributed by atoms with Gasteiger partial charge in [-0.2, -0.15) is 0 Å². The number of hydrogen-bond donors (Lipinski definition) is 1. The molecule has 1 aromatic carbocycles. The number of nitrogens with one attached hydrogen (secondary N) is 1. The van der Waals surface area contributed by atoms with Gasteiger partial charge in [0.25, 0.3) is 0 Å². The molecule has 146 valence electrons. The lowest BCUT2D eigenvalue weighted by molar-refractivity contribution is -0.137. The van der Waals surface area contributed by atoms with Crippen LogP contribution in [0.4, 0.5) is 0 Å². The predicted octanol–water partition coefficient (Wildman–Crippen LogP) is 2.45. The van der Waals surface area contributed by atoms with E-state index in [9.17, 15) is 14.4 Å². The van der Waals surface area contributed by atoms with Gasteiger partial charge in [-0.1, -0.05) is 49.9 Å². The second-order valence-electron chi connectivity index (χ2n) is 6.50. The van der Waals surface area contributed by atoms with E-state index in [-0.39, 0.29) is 30.7 Å². The van der Waals surface area contributed by atoms with Crippen molar-refractivity contribution in [1.29, 1.82) is 0 Å². The van der Waals surface area contributed by atoms with E-state index in [0.717, 1.165) is 12.0 Å². The van der Waals surface area contributed by atoms with Crippen molar-refractivity contribution in [3.8, 4) is 0 Å². The van der Waals surface area contributed by atoms with Gasteiger partial charge < -0.3 is 10.1 Å². The first kappa shape index (κ1) is 21.0. The van der Waals surface area contributed by atoms with Crippen LogP contribution in [0.3, 0.4) is 0 Å². The summed E-state index contributed by atoms with van der Waals surface area (Å²) in [6.45, 7) is 6.68. The van der Waals surface area contributed by atoms with Gasteiger partial charge in [0.1, 0.15) is 6.54 Å². The molecule has 1 heterocycles. The topological polar surface area (TPSA) is 75.7 Å². The van der Waals surface area contributed by atoms with Crippen LogP contribution in [-0.4, -0.2) is 48.1 Å². The molecule has 1 aliphatic rings. The number of rotatable bonds is 8. The molecule has 0 atom stereocenters. The number of carbonyl (C=O) groups is 3. The summed E-state index contributed by atoms with van der Waals surface area (Å²) >= 11 is 1.24. The zero-order valence-corrected chi connectivity index (χ0v) is 16.8. The minimum atomic E-state index is -0.509. The minimum Gasteiger partial charge on any atom is -0.463 e. The molecular formula is C20H26N2O4S. The molecular weight excluding hydrogens is 364 g/mol. The van der Waals surface area contributed by atoms with E-state index in [1.165, 1.54) is 28.3 Å². The Morgan fingerprint density at radius 1 is 1.30 bits per heavy atom. The van der Waals surface area contributed by atoms with Crippen LogP contribution in [0.25, 0.3) is 0 Å². The van der Waals surface area contributed by atoms with E-state index < -0.39 is 5.97 Å². The van der Waals surface area contributed by atoms with Crippen LogP contribution in [-0.2, 0) is 25.5 Å². The van der Waals surface area contributed by atoms with Gasteiger partial charge in [0.05, 0.1) is 23.5 Å². The molecule has 27 heavy (non-hydrogen) atoms. The SMILES string of the molecule is CCOC(=O)/C=C1\SCC(=O)N1CC(=O)NCCc1ccc(C(C)C)cc1. The second kappa shape index (κ2) is 10.2. The standard InChI is InChI=1S/C20H26N2O4S/c1-4-26-20(25)11-19-22(18(24)13-27-19)12-17(23)21-10-9-15-5-7-16(8-6-15)14(2)3/h5-8,11,14H,4,9-10,12-13H2,1-3H3,(H,21,23)/b19-11-. The summed E-state index contributed by atoms with van der Waals surface area (Å²) in [5.41, 5.74) is 2.43. The maximum absolute atomic E-state index is 12.2. The molecule has 2 rings (SSSR count). The summed E-state index contributed by atoms with van der Waals surface area (Å²) < 4.78 is 4.86. The third-order valence-electron chi connectivity index (χ3n) is 4.12. The molecule has 7 heteroatoms. The molecule has 0 spiro atoms. The lowest BCUT2D eigenvalue weighted by Crippen LogP contribution is -2.38. The van der Waals surface area contributed by atoms with E-state index in [2.05, 4.69) is 43.4 Å². The summed E-state index contributed by atoms with van der Waals surface area (Å²) in [4.78, 5) is 37.1. The molecule has 0 bridgehead atoms. The summed E-state index contributed by atoms with van der Waals surface area (Å²) in [5, 5.41) is 3.29. The molecule has 0 unspecified atom stereocenters. The molecule has 6 nitrogen and oxygen atoms in total. The Bertz CT molecular complexity index is 713. The van der Waals surface area contributed by atoms with Crippen LogP contribution >= 0.6 is 11.8 Å². The van der Waals surface area contributed by atoms with Crippen LogP contribution in [0.1, 0.15) is 37.8 Å². The average molecular weight is 391 g/mol. The van der Waals surface area contributed by atoms with E-state index in [0.29, 0.717) is 17.5 Å². The van der Waals surface area contributed by atoms with E-state index in [4.69, 9.17) is 4.74 Å². The highest BCUT2D eigenvalue weighted by Gasteiger charge is 2.29. The van der Waals surface area contributed by atoms with Crippen molar-refractivity contribution in [1.82, 2.24) is 10.2 Å². The third-order valence-corrected chi connectivity index (χ3v) is 5.15. The van der Waals surface area contributed by atoms with Crippen molar-refractivity contribution in [3.63, 3.8) is 0 Å². The van der Waals surface area contributed by atoms with Gasteiger partial charge in [0.15, 0.2) is 0 Å². The largest absolute Gasteiger partial charge is 0.463 e. The van der Waals surface area contributed by atoms with E-state index >= 15 is 0 Å². The molecule has 1 aromatic rings. The Kier molecular flexibility index (Phi) is 7.91. The van der Waals surface area contributed by atoms with Crippen LogP contribution in [0, 0.1) is 0 Å².